The molecule has 0 heterocycles. The van der Waals surface area contributed by atoms with Crippen molar-refractivity contribution in [1.82, 2.24) is 0 Å². The largest absolute Gasteiger partial charge is 0.390 e. The fourth-order valence-electron chi connectivity index (χ4n) is 2.19. The minimum atomic E-state index is -0.353. The summed E-state index contributed by atoms with van der Waals surface area (Å²) in [5, 5.41) is 9.97. The van der Waals surface area contributed by atoms with E-state index < -0.39 is 0 Å². The minimum Gasteiger partial charge on any atom is -0.390 e. The lowest BCUT2D eigenvalue weighted by Crippen LogP contribution is -2.37. The first-order valence-corrected chi connectivity index (χ1v) is 4.89. The predicted molar refractivity (Wildman–Crippen MR) is 47.5 cm³/mol. The average molecular weight is 156 g/mol. The molecule has 0 aromatic rings. The highest BCUT2D eigenvalue weighted by atomic mass is 16.3. The number of rotatable bonds is 2. The van der Waals surface area contributed by atoms with Crippen molar-refractivity contribution in [3.63, 3.8) is 0 Å². The zero-order valence-corrected chi connectivity index (χ0v) is 7.77. The van der Waals surface area contributed by atoms with Gasteiger partial charge in [0.05, 0.1) is 5.60 Å². The Bertz CT molecular complexity index is 116. The quantitative estimate of drug-likeness (QED) is 0.651. The van der Waals surface area contributed by atoms with Gasteiger partial charge in [-0.05, 0) is 32.1 Å². The normalized spacial score (nSPS) is 39.0. The molecule has 1 saturated carbocycles. The van der Waals surface area contributed by atoms with Crippen molar-refractivity contribution in [3.05, 3.63) is 0 Å². The molecular formula is C10H20O. The standard InChI is InChI=1S/C10H20O/c1-3-6-9-7-4-5-8-10(9,2)11/h9,11H,3-8H2,1-2H3. The summed E-state index contributed by atoms with van der Waals surface area (Å²) in [6, 6.07) is 0. The zero-order valence-electron chi connectivity index (χ0n) is 7.77. The van der Waals surface area contributed by atoms with E-state index in [1.807, 2.05) is 6.92 Å². The van der Waals surface area contributed by atoms with Crippen LogP contribution in [0.1, 0.15) is 52.4 Å². The molecule has 11 heavy (non-hydrogen) atoms. The van der Waals surface area contributed by atoms with Crippen LogP contribution >= 0.6 is 0 Å². The van der Waals surface area contributed by atoms with Crippen LogP contribution in [0.2, 0.25) is 0 Å². The molecule has 1 N–H and O–H groups in total. The Labute approximate surface area is 69.8 Å². The molecule has 0 aromatic heterocycles. The lowest BCUT2D eigenvalue weighted by Gasteiger charge is -2.37. The molecule has 1 aliphatic carbocycles. The Morgan fingerprint density at radius 3 is 2.73 bits per heavy atom. The van der Waals surface area contributed by atoms with Crippen LogP contribution in [0.15, 0.2) is 0 Å². The van der Waals surface area contributed by atoms with Gasteiger partial charge in [-0.3, -0.25) is 0 Å². The van der Waals surface area contributed by atoms with Crippen LogP contribution in [0.25, 0.3) is 0 Å². The third-order valence-electron chi connectivity index (χ3n) is 3.00. The van der Waals surface area contributed by atoms with Crippen LogP contribution in [0.4, 0.5) is 0 Å². The van der Waals surface area contributed by atoms with Crippen molar-refractivity contribution in [2.45, 2.75) is 58.0 Å². The van der Waals surface area contributed by atoms with Crippen LogP contribution in [-0.4, -0.2) is 10.7 Å². The lowest BCUT2D eigenvalue weighted by molar-refractivity contribution is -0.0351. The smallest absolute Gasteiger partial charge is 0.0647 e. The van der Waals surface area contributed by atoms with Crippen molar-refractivity contribution in [2.24, 2.45) is 5.92 Å². The summed E-state index contributed by atoms with van der Waals surface area (Å²) in [5.74, 6) is 0.571. The molecule has 2 atom stereocenters. The van der Waals surface area contributed by atoms with Gasteiger partial charge in [0.15, 0.2) is 0 Å². The average Bonchev–Trinajstić information content (AvgIpc) is 1.94. The molecule has 1 aliphatic rings. The summed E-state index contributed by atoms with van der Waals surface area (Å²) in [6.07, 6.45) is 7.19. The van der Waals surface area contributed by atoms with Crippen molar-refractivity contribution in [1.29, 1.82) is 0 Å². The molecular weight excluding hydrogens is 136 g/mol. The second-order valence-corrected chi connectivity index (χ2v) is 4.09. The summed E-state index contributed by atoms with van der Waals surface area (Å²) in [5.41, 5.74) is -0.353. The van der Waals surface area contributed by atoms with Crippen molar-refractivity contribution in [3.8, 4) is 0 Å². The molecule has 2 unspecified atom stereocenters. The van der Waals surface area contributed by atoms with Crippen molar-refractivity contribution < 1.29 is 5.11 Å². The van der Waals surface area contributed by atoms with Gasteiger partial charge in [0.1, 0.15) is 0 Å². The van der Waals surface area contributed by atoms with Gasteiger partial charge in [-0.2, -0.15) is 0 Å². The predicted octanol–water partition coefficient (Wildman–Crippen LogP) is 2.73. The van der Waals surface area contributed by atoms with E-state index in [4.69, 9.17) is 0 Å². The van der Waals surface area contributed by atoms with E-state index in [0.717, 1.165) is 6.42 Å². The van der Waals surface area contributed by atoms with E-state index >= 15 is 0 Å². The maximum atomic E-state index is 9.97. The molecule has 0 aliphatic heterocycles. The van der Waals surface area contributed by atoms with Crippen LogP contribution in [0.5, 0.6) is 0 Å². The van der Waals surface area contributed by atoms with Gasteiger partial charge in [-0.15, -0.1) is 0 Å². The monoisotopic (exact) mass is 156 g/mol. The van der Waals surface area contributed by atoms with Gasteiger partial charge in [-0.25, -0.2) is 0 Å². The molecule has 66 valence electrons. The van der Waals surface area contributed by atoms with E-state index in [9.17, 15) is 5.11 Å². The van der Waals surface area contributed by atoms with E-state index in [-0.39, 0.29) is 5.60 Å². The first kappa shape index (κ1) is 9.05. The molecule has 1 fully saturated rings. The maximum Gasteiger partial charge on any atom is 0.0647 e. The summed E-state index contributed by atoms with van der Waals surface area (Å²) in [4.78, 5) is 0. The van der Waals surface area contributed by atoms with Gasteiger partial charge < -0.3 is 5.11 Å². The highest BCUT2D eigenvalue weighted by Gasteiger charge is 2.33. The Morgan fingerprint density at radius 2 is 2.18 bits per heavy atom. The molecule has 1 rings (SSSR count). The summed E-state index contributed by atoms with van der Waals surface area (Å²) < 4.78 is 0. The van der Waals surface area contributed by atoms with Crippen molar-refractivity contribution >= 4 is 0 Å². The lowest BCUT2D eigenvalue weighted by atomic mass is 9.74. The Kier molecular flexibility index (Phi) is 2.94. The third-order valence-corrected chi connectivity index (χ3v) is 3.00. The first-order chi connectivity index (χ1) is 5.17. The van der Waals surface area contributed by atoms with Crippen LogP contribution in [0, 0.1) is 5.92 Å². The molecule has 0 bridgehead atoms. The molecule has 0 aromatic carbocycles. The Balaban J connectivity index is 2.45. The van der Waals surface area contributed by atoms with E-state index in [0.29, 0.717) is 5.92 Å². The molecule has 0 saturated heterocycles. The van der Waals surface area contributed by atoms with Gasteiger partial charge in [0.25, 0.3) is 0 Å². The first-order valence-electron chi connectivity index (χ1n) is 4.89. The summed E-state index contributed by atoms with van der Waals surface area (Å²) in [7, 11) is 0. The highest BCUT2D eigenvalue weighted by molar-refractivity contribution is 4.85. The van der Waals surface area contributed by atoms with Crippen molar-refractivity contribution in [2.75, 3.05) is 0 Å². The van der Waals surface area contributed by atoms with E-state index in [1.165, 1.54) is 32.1 Å². The van der Waals surface area contributed by atoms with Crippen LogP contribution in [0.3, 0.4) is 0 Å². The Morgan fingerprint density at radius 1 is 1.45 bits per heavy atom. The number of hydrogen-bond donors (Lipinski definition) is 1. The SMILES string of the molecule is CCCC1CCCCC1(C)O. The minimum absolute atomic E-state index is 0.353. The van der Waals surface area contributed by atoms with E-state index in [1.54, 1.807) is 0 Å². The summed E-state index contributed by atoms with van der Waals surface area (Å²) >= 11 is 0. The highest BCUT2D eigenvalue weighted by Crippen LogP contribution is 2.35. The second kappa shape index (κ2) is 3.57. The zero-order chi connectivity index (χ0) is 8.32. The number of hydrogen-bond acceptors (Lipinski definition) is 1. The second-order valence-electron chi connectivity index (χ2n) is 4.09. The Hall–Kier alpha value is -0.0400. The van der Waals surface area contributed by atoms with Gasteiger partial charge in [-0.1, -0.05) is 26.2 Å². The van der Waals surface area contributed by atoms with Crippen LogP contribution in [-0.2, 0) is 0 Å². The fraction of sp³-hybridized carbons (Fsp3) is 1.00. The summed E-state index contributed by atoms with van der Waals surface area (Å²) in [6.45, 7) is 4.21. The van der Waals surface area contributed by atoms with Gasteiger partial charge in [0, 0.05) is 0 Å². The van der Waals surface area contributed by atoms with Crippen LogP contribution < -0.4 is 0 Å². The third kappa shape index (κ3) is 2.19. The maximum absolute atomic E-state index is 9.97. The number of aliphatic hydroxyl groups is 1. The van der Waals surface area contributed by atoms with Gasteiger partial charge in [0.2, 0.25) is 0 Å². The topological polar surface area (TPSA) is 20.2 Å². The molecule has 0 spiro atoms. The molecule has 0 radical (unpaired) electrons. The van der Waals surface area contributed by atoms with Gasteiger partial charge >= 0.3 is 0 Å². The molecule has 0 amide bonds. The van der Waals surface area contributed by atoms with E-state index in [2.05, 4.69) is 6.92 Å². The molecule has 1 nitrogen and oxygen atoms in total. The fourth-order valence-corrected chi connectivity index (χ4v) is 2.19. The molecule has 1 heteroatoms.